The maximum Gasteiger partial charge on any atom is 0.141 e. The van der Waals surface area contributed by atoms with E-state index < -0.39 is 6.10 Å². The number of nitrogens with zero attached hydrogens (tertiary/aromatic N) is 3. The predicted molar refractivity (Wildman–Crippen MR) is 75.9 cm³/mol. The summed E-state index contributed by atoms with van der Waals surface area (Å²) in [6.45, 7) is 1.27. The first-order valence-corrected chi connectivity index (χ1v) is 7.27. The molecule has 0 spiro atoms. The number of H-pyrrole nitrogens is 1. The van der Waals surface area contributed by atoms with E-state index in [1.165, 1.54) is 12.4 Å². The van der Waals surface area contributed by atoms with Crippen LogP contribution in [0.5, 0.6) is 0 Å². The molecule has 112 valence electrons. The third kappa shape index (κ3) is 3.11. The standard InChI is InChI=1S/C15H19FN4O/c16-12-6-2-1-5-11(12)14(21)9-20-8-4-3-7-13(20)15-17-10-18-19-15/h1-2,5-6,10,13-14,21H,3-4,7-9H2,(H,17,18,19). The smallest absolute Gasteiger partial charge is 0.141 e. The Labute approximate surface area is 122 Å². The average molecular weight is 290 g/mol. The maximum atomic E-state index is 13.8. The Bertz CT molecular complexity index is 575. The molecule has 1 aromatic carbocycles. The third-order valence-corrected chi connectivity index (χ3v) is 4.03. The van der Waals surface area contributed by atoms with Gasteiger partial charge in [0.15, 0.2) is 0 Å². The number of aromatic nitrogens is 3. The molecular formula is C15H19FN4O. The van der Waals surface area contributed by atoms with E-state index >= 15 is 0 Å². The van der Waals surface area contributed by atoms with Crippen molar-refractivity contribution in [3.05, 3.63) is 47.8 Å². The summed E-state index contributed by atoms with van der Waals surface area (Å²) in [6, 6.07) is 6.49. The van der Waals surface area contributed by atoms with Gasteiger partial charge >= 0.3 is 0 Å². The van der Waals surface area contributed by atoms with Crippen LogP contribution in [-0.2, 0) is 0 Å². The minimum Gasteiger partial charge on any atom is -0.387 e. The predicted octanol–water partition coefficient (Wildman–Crippen LogP) is 2.20. The first-order valence-electron chi connectivity index (χ1n) is 7.27. The minimum absolute atomic E-state index is 0.114. The van der Waals surface area contributed by atoms with E-state index in [4.69, 9.17) is 0 Å². The Hall–Kier alpha value is -1.79. The second kappa shape index (κ2) is 6.32. The lowest BCUT2D eigenvalue weighted by Crippen LogP contribution is -2.37. The highest BCUT2D eigenvalue weighted by molar-refractivity contribution is 5.20. The molecule has 3 rings (SSSR count). The molecule has 0 bridgehead atoms. The molecule has 6 heteroatoms. The Kier molecular flexibility index (Phi) is 4.26. The molecule has 1 aliphatic rings. The molecule has 2 N–H and O–H groups in total. The van der Waals surface area contributed by atoms with Crippen LogP contribution in [0, 0.1) is 5.82 Å². The molecule has 2 aromatic rings. The van der Waals surface area contributed by atoms with Crippen molar-refractivity contribution in [2.45, 2.75) is 31.4 Å². The number of rotatable bonds is 4. The Balaban J connectivity index is 1.74. The van der Waals surface area contributed by atoms with Crippen LogP contribution in [0.4, 0.5) is 4.39 Å². The zero-order chi connectivity index (χ0) is 14.7. The number of aliphatic hydroxyl groups excluding tert-OH is 1. The van der Waals surface area contributed by atoms with Gasteiger partial charge in [-0.15, -0.1) is 0 Å². The van der Waals surface area contributed by atoms with E-state index in [0.717, 1.165) is 31.6 Å². The van der Waals surface area contributed by atoms with Crippen molar-refractivity contribution in [2.24, 2.45) is 0 Å². The normalized spacial score (nSPS) is 21.3. The monoisotopic (exact) mass is 290 g/mol. The van der Waals surface area contributed by atoms with Gasteiger partial charge in [-0.2, -0.15) is 5.10 Å². The summed E-state index contributed by atoms with van der Waals surface area (Å²) in [4.78, 5) is 6.38. The molecule has 0 saturated carbocycles. The molecule has 5 nitrogen and oxygen atoms in total. The van der Waals surface area contributed by atoms with E-state index in [0.29, 0.717) is 12.1 Å². The van der Waals surface area contributed by atoms with Crippen molar-refractivity contribution in [3.8, 4) is 0 Å². The molecular weight excluding hydrogens is 271 g/mol. The van der Waals surface area contributed by atoms with Crippen LogP contribution in [0.2, 0.25) is 0 Å². The Morgan fingerprint density at radius 1 is 1.38 bits per heavy atom. The molecule has 1 aromatic heterocycles. The van der Waals surface area contributed by atoms with Crippen LogP contribution < -0.4 is 0 Å². The number of piperidine rings is 1. The zero-order valence-electron chi connectivity index (χ0n) is 11.7. The minimum atomic E-state index is -0.838. The molecule has 0 aliphatic carbocycles. The highest BCUT2D eigenvalue weighted by Crippen LogP contribution is 2.30. The SMILES string of the molecule is OC(CN1CCCCC1c1ncn[nH]1)c1ccccc1F. The molecule has 0 amide bonds. The molecule has 2 unspecified atom stereocenters. The highest BCUT2D eigenvalue weighted by Gasteiger charge is 2.28. The van der Waals surface area contributed by atoms with Crippen molar-refractivity contribution in [3.63, 3.8) is 0 Å². The summed E-state index contributed by atoms with van der Waals surface area (Å²) in [5.74, 6) is 0.452. The van der Waals surface area contributed by atoms with Gasteiger partial charge in [0.2, 0.25) is 0 Å². The van der Waals surface area contributed by atoms with Crippen LogP contribution >= 0.6 is 0 Å². The molecule has 21 heavy (non-hydrogen) atoms. The van der Waals surface area contributed by atoms with Gasteiger partial charge in [-0.1, -0.05) is 24.6 Å². The van der Waals surface area contributed by atoms with Gasteiger partial charge in [0.25, 0.3) is 0 Å². The number of benzene rings is 1. The zero-order valence-corrected chi connectivity index (χ0v) is 11.7. The third-order valence-electron chi connectivity index (χ3n) is 4.03. The fraction of sp³-hybridized carbons (Fsp3) is 0.467. The van der Waals surface area contributed by atoms with Gasteiger partial charge in [0.1, 0.15) is 18.0 Å². The summed E-state index contributed by atoms with van der Waals surface area (Å²) >= 11 is 0. The Morgan fingerprint density at radius 2 is 2.24 bits per heavy atom. The summed E-state index contributed by atoms with van der Waals surface area (Å²) in [6.07, 6.45) is 3.83. The van der Waals surface area contributed by atoms with Crippen molar-refractivity contribution >= 4 is 0 Å². The molecule has 0 radical (unpaired) electrons. The average Bonchev–Trinajstić information content (AvgIpc) is 3.02. The van der Waals surface area contributed by atoms with Crippen LogP contribution in [0.15, 0.2) is 30.6 Å². The van der Waals surface area contributed by atoms with Crippen molar-refractivity contribution in [2.75, 3.05) is 13.1 Å². The highest BCUT2D eigenvalue weighted by atomic mass is 19.1. The second-order valence-corrected chi connectivity index (χ2v) is 5.41. The molecule has 2 atom stereocenters. The summed E-state index contributed by atoms with van der Waals surface area (Å²) in [5.41, 5.74) is 0.347. The number of likely N-dealkylation sites (tertiary alicyclic amines) is 1. The summed E-state index contributed by atoms with van der Waals surface area (Å²) < 4.78 is 13.8. The van der Waals surface area contributed by atoms with Crippen LogP contribution in [0.1, 0.15) is 42.8 Å². The largest absolute Gasteiger partial charge is 0.387 e. The fourth-order valence-corrected chi connectivity index (χ4v) is 2.96. The van der Waals surface area contributed by atoms with Crippen molar-refractivity contribution in [1.82, 2.24) is 20.1 Å². The van der Waals surface area contributed by atoms with Gasteiger partial charge in [-0.25, -0.2) is 9.37 Å². The van der Waals surface area contributed by atoms with E-state index in [9.17, 15) is 9.50 Å². The Morgan fingerprint density at radius 3 is 3.00 bits per heavy atom. The number of aliphatic hydroxyl groups is 1. The van der Waals surface area contributed by atoms with Gasteiger partial charge in [0.05, 0.1) is 12.1 Å². The van der Waals surface area contributed by atoms with E-state index in [-0.39, 0.29) is 11.9 Å². The van der Waals surface area contributed by atoms with Gasteiger partial charge in [0, 0.05) is 12.1 Å². The topological polar surface area (TPSA) is 65.0 Å². The number of β-amino-alcohol motifs (C(OH)–C–C–N with tert-alkyl or cyclic N) is 1. The maximum absolute atomic E-state index is 13.8. The van der Waals surface area contributed by atoms with E-state index in [1.54, 1.807) is 18.2 Å². The van der Waals surface area contributed by atoms with Crippen molar-refractivity contribution < 1.29 is 9.50 Å². The van der Waals surface area contributed by atoms with Gasteiger partial charge in [-0.3, -0.25) is 10.00 Å². The van der Waals surface area contributed by atoms with E-state index in [2.05, 4.69) is 20.1 Å². The second-order valence-electron chi connectivity index (χ2n) is 5.41. The molecule has 1 fully saturated rings. The van der Waals surface area contributed by atoms with Gasteiger partial charge in [-0.05, 0) is 25.5 Å². The number of aromatic amines is 1. The molecule has 1 aliphatic heterocycles. The van der Waals surface area contributed by atoms with Crippen molar-refractivity contribution in [1.29, 1.82) is 0 Å². The van der Waals surface area contributed by atoms with Crippen LogP contribution in [-0.4, -0.2) is 38.3 Å². The number of hydrogen-bond donors (Lipinski definition) is 2. The lowest BCUT2D eigenvalue weighted by Gasteiger charge is -2.35. The lowest BCUT2D eigenvalue weighted by atomic mass is 9.99. The first kappa shape index (κ1) is 14.2. The quantitative estimate of drug-likeness (QED) is 0.906. The number of halogens is 1. The van der Waals surface area contributed by atoms with Gasteiger partial charge < -0.3 is 5.11 Å². The lowest BCUT2D eigenvalue weighted by molar-refractivity contribution is 0.0620. The number of hydrogen-bond acceptors (Lipinski definition) is 4. The van der Waals surface area contributed by atoms with E-state index in [1.807, 2.05) is 0 Å². The van der Waals surface area contributed by atoms with Crippen LogP contribution in [0.3, 0.4) is 0 Å². The van der Waals surface area contributed by atoms with Crippen LogP contribution in [0.25, 0.3) is 0 Å². The number of nitrogens with one attached hydrogen (secondary N) is 1. The fourth-order valence-electron chi connectivity index (χ4n) is 2.96. The summed E-state index contributed by atoms with van der Waals surface area (Å²) in [7, 11) is 0. The first-order chi connectivity index (χ1) is 10.3. The molecule has 2 heterocycles. The summed E-state index contributed by atoms with van der Waals surface area (Å²) in [5, 5.41) is 17.1. The molecule has 1 saturated heterocycles.